The Bertz CT molecular complexity index is 1030. The van der Waals surface area contributed by atoms with Crippen LogP contribution in [-0.2, 0) is 0 Å². The van der Waals surface area contributed by atoms with Crippen LogP contribution in [0.5, 0.6) is 11.5 Å². The van der Waals surface area contributed by atoms with Gasteiger partial charge in [0.25, 0.3) is 0 Å². The molecule has 2 aromatic heterocycles. The van der Waals surface area contributed by atoms with Crippen molar-refractivity contribution < 1.29 is 13.9 Å². The van der Waals surface area contributed by atoms with Crippen LogP contribution in [0.25, 0.3) is 33.8 Å². The van der Waals surface area contributed by atoms with E-state index in [9.17, 15) is 4.39 Å². The Labute approximate surface area is 142 Å². The highest BCUT2D eigenvalue weighted by molar-refractivity contribution is 5.79. The standard InChI is InChI=1S/C18H15FN4O2/c1-24-12-5-10(6-13(8-12)25-2)15-9-17(23-22-15)18-20-14-4-3-11(19)7-16(14)21-18/h3-9H,1-2H3,(H,20,21)(H,22,23). The first-order chi connectivity index (χ1) is 12.2. The average Bonchev–Trinajstić information content (AvgIpc) is 3.27. The van der Waals surface area contributed by atoms with Crippen LogP contribution in [-0.4, -0.2) is 34.4 Å². The van der Waals surface area contributed by atoms with Crippen molar-refractivity contribution in [3.8, 4) is 34.3 Å². The van der Waals surface area contributed by atoms with Crippen molar-refractivity contribution in [1.82, 2.24) is 20.2 Å². The molecule has 0 amide bonds. The van der Waals surface area contributed by atoms with E-state index in [1.54, 1.807) is 26.4 Å². The second-order valence-electron chi connectivity index (χ2n) is 5.52. The molecule has 0 radical (unpaired) electrons. The lowest BCUT2D eigenvalue weighted by Crippen LogP contribution is -1.88. The number of hydrogen-bond donors (Lipinski definition) is 2. The zero-order valence-corrected chi connectivity index (χ0v) is 13.6. The number of imidazole rings is 1. The molecular weight excluding hydrogens is 323 g/mol. The molecule has 0 aliphatic carbocycles. The van der Waals surface area contributed by atoms with Gasteiger partial charge in [0.15, 0.2) is 5.82 Å². The first kappa shape index (κ1) is 15.2. The van der Waals surface area contributed by atoms with Gasteiger partial charge in [-0.2, -0.15) is 5.10 Å². The maximum Gasteiger partial charge on any atom is 0.156 e. The van der Waals surface area contributed by atoms with Gasteiger partial charge in [-0.3, -0.25) is 5.10 Å². The third-order valence-electron chi connectivity index (χ3n) is 3.92. The van der Waals surface area contributed by atoms with Gasteiger partial charge in [0.1, 0.15) is 23.0 Å². The molecule has 0 saturated heterocycles. The number of benzene rings is 2. The van der Waals surface area contributed by atoms with Crippen molar-refractivity contribution >= 4 is 11.0 Å². The lowest BCUT2D eigenvalue weighted by atomic mass is 10.1. The monoisotopic (exact) mass is 338 g/mol. The number of fused-ring (bicyclic) bond motifs is 1. The summed E-state index contributed by atoms with van der Waals surface area (Å²) in [5.41, 5.74) is 3.60. The van der Waals surface area contributed by atoms with Gasteiger partial charge in [0.05, 0.1) is 30.9 Å². The molecule has 0 spiro atoms. The van der Waals surface area contributed by atoms with E-state index in [4.69, 9.17) is 9.47 Å². The van der Waals surface area contributed by atoms with Gasteiger partial charge < -0.3 is 14.5 Å². The molecule has 126 valence electrons. The predicted octanol–water partition coefficient (Wildman–Crippen LogP) is 3.78. The van der Waals surface area contributed by atoms with Crippen molar-refractivity contribution in [2.45, 2.75) is 0 Å². The van der Waals surface area contributed by atoms with E-state index >= 15 is 0 Å². The highest BCUT2D eigenvalue weighted by atomic mass is 19.1. The molecule has 0 unspecified atom stereocenters. The number of halogens is 1. The summed E-state index contributed by atoms with van der Waals surface area (Å²) < 4.78 is 23.9. The van der Waals surface area contributed by atoms with Crippen LogP contribution in [0.3, 0.4) is 0 Å². The van der Waals surface area contributed by atoms with Crippen LogP contribution in [0, 0.1) is 5.82 Å². The van der Waals surface area contributed by atoms with E-state index in [0.717, 1.165) is 11.3 Å². The van der Waals surface area contributed by atoms with Crippen LogP contribution in [0.15, 0.2) is 42.5 Å². The minimum absolute atomic E-state index is 0.309. The summed E-state index contributed by atoms with van der Waals surface area (Å²) in [6, 6.07) is 11.8. The van der Waals surface area contributed by atoms with Gasteiger partial charge in [-0.05, 0) is 36.4 Å². The van der Waals surface area contributed by atoms with E-state index in [2.05, 4.69) is 20.2 Å². The summed E-state index contributed by atoms with van der Waals surface area (Å²) >= 11 is 0. The van der Waals surface area contributed by atoms with Gasteiger partial charge >= 0.3 is 0 Å². The molecule has 7 heteroatoms. The summed E-state index contributed by atoms with van der Waals surface area (Å²) in [6.45, 7) is 0. The van der Waals surface area contributed by atoms with E-state index < -0.39 is 0 Å². The second kappa shape index (κ2) is 5.94. The van der Waals surface area contributed by atoms with Gasteiger partial charge in [-0.15, -0.1) is 0 Å². The average molecular weight is 338 g/mol. The summed E-state index contributed by atoms with van der Waals surface area (Å²) in [6.07, 6.45) is 0. The largest absolute Gasteiger partial charge is 0.497 e. The number of aromatic amines is 2. The number of methoxy groups -OCH3 is 2. The molecule has 2 heterocycles. The molecule has 6 nitrogen and oxygen atoms in total. The number of ether oxygens (including phenoxy) is 2. The number of nitrogens with zero attached hydrogens (tertiary/aromatic N) is 2. The van der Waals surface area contributed by atoms with Crippen molar-refractivity contribution in [1.29, 1.82) is 0 Å². The minimum atomic E-state index is -0.309. The summed E-state index contributed by atoms with van der Waals surface area (Å²) in [4.78, 5) is 7.55. The molecule has 4 aromatic rings. The predicted molar refractivity (Wildman–Crippen MR) is 92.2 cm³/mol. The molecule has 4 rings (SSSR count). The summed E-state index contributed by atoms with van der Waals surface area (Å²) in [7, 11) is 3.20. The molecule has 0 atom stereocenters. The maximum atomic E-state index is 13.3. The third-order valence-corrected chi connectivity index (χ3v) is 3.92. The molecule has 25 heavy (non-hydrogen) atoms. The molecule has 0 aliphatic heterocycles. The molecule has 2 aromatic carbocycles. The van der Waals surface area contributed by atoms with Crippen LogP contribution in [0.2, 0.25) is 0 Å². The van der Waals surface area contributed by atoms with E-state index in [-0.39, 0.29) is 5.82 Å². The second-order valence-corrected chi connectivity index (χ2v) is 5.52. The molecule has 0 aliphatic rings. The zero-order chi connectivity index (χ0) is 17.4. The number of nitrogens with one attached hydrogen (secondary N) is 2. The van der Waals surface area contributed by atoms with Crippen LogP contribution < -0.4 is 9.47 Å². The smallest absolute Gasteiger partial charge is 0.156 e. The zero-order valence-electron chi connectivity index (χ0n) is 13.6. The fourth-order valence-corrected chi connectivity index (χ4v) is 2.66. The Balaban J connectivity index is 1.74. The van der Waals surface area contributed by atoms with Crippen LogP contribution in [0.4, 0.5) is 4.39 Å². The Morgan fingerprint density at radius 1 is 0.960 bits per heavy atom. The Hall–Kier alpha value is -3.35. The number of hydrogen-bond acceptors (Lipinski definition) is 4. The molecule has 0 saturated carbocycles. The lowest BCUT2D eigenvalue weighted by molar-refractivity contribution is 0.394. The van der Waals surface area contributed by atoms with Gasteiger partial charge in [-0.1, -0.05) is 0 Å². The van der Waals surface area contributed by atoms with Gasteiger partial charge in [0, 0.05) is 11.6 Å². The maximum absolute atomic E-state index is 13.3. The SMILES string of the molecule is COc1cc(OC)cc(-c2cc(-c3nc4ccc(F)cc4[nH]3)[nH]n2)c1. The van der Waals surface area contributed by atoms with Crippen molar-refractivity contribution in [2.24, 2.45) is 0 Å². The van der Waals surface area contributed by atoms with E-state index in [0.29, 0.717) is 34.1 Å². The molecule has 0 fully saturated rings. The highest BCUT2D eigenvalue weighted by Crippen LogP contribution is 2.30. The first-order valence-corrected chi connectivity index (χ1v) is 7.61. The fourth-order valence-electron chi connectivity index (χ4n) is 2.66. The van der Waals surface area contributed by atoms with Crippen molar-refractivity contribution in [3.05, 3.63) is 48.3 Å². The Kier molecular flexibility index (Phi) is 3.61. The number of H-pyrrole nitrogens is 2. The Morgan fingerprint density at radius 2 is 1.72 bits per heavy atom. The Morgan fingerprint density at radius 3 is 2.44 bits per heavy atom. The third kappa shape index (κ3) is 2.80. The lowest BCUT2D eigenvalue weighted by Gasteiger charge is -2.06. The van der Waals surface area contributed by atoms with E-state index in [1.165, 1.54) is 12.1 Å². The normalized spacial score (nSPS) is 11.0. The number of aromatic nitrogens is 4. The topological polar surface area (TPSA) is 75.8 Å². The molecular formula is C18H15FN4O2. The quantitative estimate of drug-likeness (QED) is 0.594. The number of rotatable bonds is 4. The van der Waals surface area contributed by atoms with Crippen LogP contribution >= 0.6 is 0 Å². The van der Waals surface area contributed by atoms with Crippen molar-refractivity contribution in [3.63, 3.8) is 0 Å². The van der Waals surface area contributed by atoms with Gasteiger partial charge in [-0.25, -0.2) is 9.37 Å². The minimum Gasteiger partial charge on any atom is -0.497 e. The first-order valence-electron chi connectivity index (χ1n) is 7.61. The van der Waals surface area contributed by atoms with Crippen molar-refractivity contribution in [2.75, 3.05) is 14.2 Å². The van der Waals surface area contributed by atoms with E-state index in [1.807, 2.05) is 18.2 Å². The fraction of sp³-hybridized carbons (Fsp3) is 0.111. The summed E-state index contributed by atoms with van der Waals surface area (Å²) in [5, 5.41) is 7.28. The molecule has 0 bridgehead atoms. The highest BCUT2D eigenvalue weighted by Gasteiger charge is 2.12. The molecule has 2 N–H and O–H groups in total. The van der Waals surface area contributed by atoms with Gasteiger partial charge in [0.2, 0.25) is 0 Å². The summed E-state index contributed by atoms with van der Waals surface area (Å²) in [5.74, 6) is 1.64. The van der Waals surface area contributed by atoms with Crippen LogP contribution in [0.1, 0.15) is 0 Å².